The fourth-order valence-electron chi connectivity index (χ4n) is 2.76. The number of hydrogen-bond donors (Lipinski definition) is 1. The maximum Gasteiger partial charge on any atom is 0.288 e. The molecule has 0 spiro atoms. The Kier molecular flexibility index (Phi) is 4.61. The second-order valence-corrected chi connectivity index (χ2v) is 6.94. The highest BCUT2D eigenvalue weighted by atomic mass is 32.1. The number of nitrogens with zero attached hydrogens (tertiary/aromatic N) is 4. The van der Waals surface area contributed by atoms with Gasteiger partial charge in [0.05, 0.1) is 0 Å². The van der Waals surface area contributed by atoms with E-state index in [1.54, 1.807) is 0 Å². The number of carbonyl (C=O) groups is 1. The largest absolute Gasteiger partial charge is 0.352 e. The molecule has 0 saturated carbocycles. The standard InChI is InChI=1S/C15H21N5O2S/c1-3-6-16-12(21)11-8-17-14-20(13(11)22)18-15(23-14)19-7-4-5-10(2)9-19/h8,10H,3-7,9H2,1-2H3,(H,16,21). The fourth-order valence-corrected chi connectivity index (χ4v) is 3.65. The molecule has 1 N–H and O–H groups in total. The maximum atomic E-state index is 12.5. The van der Waals surface area contributed by atoms with E-state index in [0.29, 0.717) is 17.4 Å². The minimum atomic E-state index is -0.406. The zero-order chi connectivity index (χ0) is 16.4. The van der Waals surface area contributed by atoms with Gasteiger partial charge in [0.1, 0.15) is 5.56 Å². The minimum Gasteiger partial charge on any atom is -0.352 e. The van der Waals surface area contributed by atoms with Crippen LogP contribution < -0.4 is 15.8 Å². The molecule has 1 aliphatic rings. The summed E-state index contributed by atoms with van der Waals surface area (Å²) in [4.78, 5) is 31.5. The third kappa shape index (κ3) is 3.21. The SMILES string of the molecule is CCCNC(=O)c1cnc2sc(N3CCCC(C)C3)nn2c1=O. The molecule has 0 radical (unpaired) electrons. The zero-order valence-corrected chi connectivity index (χ0v) is 14.2. The van der Waals surface area contributed by atoms with Crippen molar-refractivity contribution in [2.24, 2.45) is 5.92 Å². The summed E-state index contributed by atoms with van der Waals surface area (Å²) in [7, 11) is 0. The van der Waals surface area contributed by atoms with Crippen LogP contribution in [-0.4, -0.2) is 40.1 Å². The Morgan fingerprint density at radius 2 is 2.35 bits per heavy atom. The average Bonchev–Trinajstić information content (AvgIpc) is 2.98. The fraction of sp³-hybridized carbons (Fsp3) is 0.600. The highest BCUT2D eigenvalue weighted by molar-refractivity contribution is 7.20. The van der Waals surface area contributed by atoms with Gasteiger partial charge in [-0.15, -0.1) is 5.10 Å². The number of anilines is 1. The lowest BCUT2D eigenvalue weighted by atomic mass is 10.0. The van der Waals surface area contributed by atoms with E-state index in [9.17, 15) is 9.59 Å². The van der Waals surface area contributed by atoms with E-state index in [1.165, 1.54) is 28.5 Å². The number of amides is 1. The van der Waals surface area contributed by atoms with Gasteiger partial charge >= 0.3 is 0 Å². The van der Waals surface area contributed by atoms with Crippen molar-refractivity contribution in [1.82, 2.24) is 19.9 Å². The van der Waals surface area contributed by atoms with Gasteiger partial charge in [-0.05, 0) is 25.2 Å². The summed E-state index contributed by atoms with van der Waals surface area (Å²) in [6.45, 7) is 6.61. The van der Waals surface area contributed by atoms with Gasteiger partial charge in [-0.2, -0.15) is 4.52 Å². The molecule has 2 aromatic heterocycles. The molecule has 1 atom stereocenters. The third-order valence-electron chi connectivity index (χ3n) is 3.98. The molecular weight excluding hydrogens is 314 g/mol. The lowest BCUT2D eigenvalue weighted by Gasteiger charge is -2.30. The molecule has 1 unspecified atom stereocenters. The van der Waals surface area contributed by atoms with E-state index in [0.717, 1.165) is 31.1 Å². The van der Waals surface area contributed by atoms with E-state index in [2.05, 4.69) is 27.2 Å². The van der Waals surface area contributed by atoms with Crippen molar-refractivity contribution in [2.45, 2.75) is 33.1 Å². The van der Waals surface area contributed by atoms with Crippen LogP contribution in [0.3, 0.4) is 0 Å². The Bertz CT molecular complexity index is 769. The second kappa shape index (κ2) is 6.66. The van der Waals surface area contributed by atoms with Gasteiger partial charge in [-0.1, -0.05) is 25.2 Å². The monoisotopic (exact) mass is 335 g/mol. The van der Waals surface area contributed by atoms with E-state index < -0.39 is 5.56 Å². The van der Waals surface area contributed by atoms with Crippen LogP contribution >= 0.6 is 11.3 Å². The molecule has 7 nitrogen and oxygen atoms in total. The van der Waals surface area contributed by atoms with Crippen molar-refractivity contribution in [3.63, 3.8) is 0 Å². The molecule has 2 aromatic rings. The summed E-state index contributed by atoms with van der Waals surface area (Å²) in [5.41, 5.74) is -0.365. The van der Waals surface area contributed by atoms with Crippen molar-refractivity contribution in [1.29, 1.82) is 0 Å². The Balaban J connectivity index is 1.92. The van der Waals surface area contributed by atoms with Crippen LogP contribution in [0.25, 0.3) is 4.96 Å². The summed E-state index contributed by atoms with van der Waals surface area (Å²) >= 11 is 1.39. The first-order valence-corrected chi connectivity index (χ1v) is 8.83. The molecule has 23 heavy (non-hydrogen) atoms. The van der Waals surface area contributed by atoms with Gasteiger partial charge < -0.3 is 10.2 Å². The molecule has 1 saturated heterocycles. The molecular formula is C15H21N5O2S. The van der Waals surface area contributed by atoms with Gasteiger partial charge in [-0.25, -0.2) is 4.98 Å². The lowest BCUT2D eigenvalue weighted by molar-refractivity contribution is 0.0951. The first kappa shape index (κ1) is 15.9. The molecule has 3 rings (SSSR count). The summed E-state index contributed by atoms with van der Waals surface area (Å²) in [6.07, 6.45) is 4.52. The van der Waals surface area contributed by atoms with Crippen molar-refractivity contribution in [2.75, 3.05) is 24.5 Å². The molecule has 1 fully saturated rings. The number of rotatable bonds is 4. The van der Waals surface area contributed by atoms with Crippen molar-refractivity contribution < 1.29 is 4.79 Å². The highest BCUT2D eigenvalue weighted by Crippen LogP contribution is 2.26. The first-order valence-electron chi connectivity index (χ1n) is 8.02. The van der Waals surface area contributed by atoms with Crippen LogP contribution in [0.5, 0.6) is 0 Å². The van der Waals surface area contributed by atoms with Gasteiger partial charge in [-0.3, -0.25) is 9.59 Å². The normalized spacial score (nSPS) is 18.3. The molecule has 8 heteroatoms. The van der Waals surface area contributed by atoms with Crippen LogP contribution in [-0.2, 0) is 0 Å². The molecule has 1 aliphatic heterocycles. The third-order valence-corrected chi connectivity index (χ3v) is 4.97. The molecule has 3 heterocycles. The number of fused-ring (bicyclic) bond motifs is 1. The Morgan fingerprint density at radius 1 is 1.52 bits per heavy atom. The minimum absolute atomic E-state index is 0.0415. The van der Waals surface area contributed by atoms with Crippen molar-refractivity contribution >= 4 is 27.3 Å². The van der Waals surface area contributed by atoms with Crippen molar-refractivity contribution in [3.05, 3.63) is 22.1 Å². The van der Waals surface area contributed by atoms with Crippen LogP contribution in [0.15, 0.2) is 11.0 Å². The Hall–Kier alpha value is -1.96. The number of aromatic nitrogens is 3. The second-order valence-electron chi connectivity index (χ2n) is 6.01. The molecule has 0 bridgehead atoms. The van der Waals surface area contributed by atoms with E-state index in [4.69, 9.17) is 0 Å². The molecule has 0 aliphatic carbocycles. The topological polar surface area (TPSA) is 79.6 Å². The van der Waals surface area contributed by atoms with Gasteiger partial charge in [0.2, 0.25) is 10.1 Å². The van der Waals surface area contributed by atoms with Crippen LogP contribution in [0.4, 0.5) is 5.13 Å². The van der Waals surface area contributed by atoms with Gasteiger partial charge in [0.25, 0.3) is 11.5 Å². The number of hydrogen-bond acceptors (Lipinski definition) is 6. The average molecular weight is 335 g/mol. The number of piperidine rings is 1. The number of carbonyl (C=O) groups excluding carboxylic acids is 1. The lowest BCUT2D eigenvalue weighted by Crippen LogP contribution is -2.34. The molecule has 1 amide bonds. The number of nitrogens with one attached hydrogen (secondary N) is 1. The molecule has 124 valence electrons. The summed E-state index contributed by atoms with van der Waals surface area (Å²) in [5.74, 6) is 0.232. The van der Waals surface area contributed by atoms with Crippen LogP contribution in [0, 0.1) is 5.92 Å². The Morgan fingerprint density at radius 3 is 3.09 bits per heavy atom. The van der Waals surface area contributed by atoms with Gasteiger partial charge in [0.15, 0.2) is 0 Å². The predicted octanol–water partition coefficient (Wildman–Crippen LogP) is 1.53. The first-order chi connectivity index (χ1) is 11.1. The van der Waals surface area contributed by atoms with Crippen molar-refractivity contribution in [3.8, 4) is 0 Å². The van der Waals surface area contributed by atoms with E-state index in [1.807, 2.05) is 6.92 Å². The summed E-state index contributed by atoms with van der Waals surface area (Å²) < 4.78 is 1.25. The maximum absolute atomic E-state index is 12.5. The zero-order valence-electron chi connectivity index (χ0n) is 13.4. The van der Waals surface area contributed by atoms with E-state index >= 15 is 0 Å². The van der Waals surface area contributed by atoms with Gasteiger partial charge in [0, 0.05) is 25.8 Å². The summed E-state index contributed by atoms with van der Waals surface area (Å²) in [6, 6.07) is 0. The summed E-state index contributed by atoms with van der Waals surface area (Å²) in [5, 5.41) is 7.90. The predicted molar refractivity (Wildman–Crippen MR) is 90.4 cm³/mol. The highest BCUT2D eigenvalue weighted by Gasteiger charge is 2.21. The van der Waals surface area contributed by atoms with E-state index in [-0.39, 0.29) is 11.5 Å². The Labute approximate surface area is 138 Å². The quantitative estimate of drug-likeness (QED) is 0.916. The smallest absolute Gasteiger partial charge is 0.288 e. The molecule has 0 aromatic carbocycles. The van der Waals surface area contributed by atoms with Crippen LogP contribution in [0.2, 0.25) is 0 Å². The van der Waals surface area contributed by atoms with Crippen LogP contribution in [0.1, 0.15) is 43.5 Å².